The maximum atomic E-state index is 11.5. The molecule has 14 heavy (non-hydrogen) atoms. The fourth-order valence-corrected chi connectivity index (χ4v) is 0.905. The molecule has 0 aromatic heterocycles. The van der Waals surface area contributed by atoms with E-state index in [1.807, 2.05) is 20.8 Å². The first-order valence-corrected chi connectivity index (χ1v) is 4.79. The van der Waals surface area contributed by atoms with Crippen molar-refractivity contribution >= 4 is 5.97 Å². The van der Waals surface area contributed by atoms with Crippen molar-refractivity contribution in [1.29, 1.82) is 0 Å². The van der Waals surface area contributed by atoms with Crippen LogP contribution in [-0.4, -0.2) is 18.7 Å². The Labute approximate surface area is 84.4 Å². The van der Waals surface area contributed by atoms with Crippen molar-refractivity contribution in [2.24, 2.45) is 5.92 Å². The van der Waals surface area contributed by atoms with Gasteiger partial charge in [-0.1, -0.05) is 13.8 Å². The van der Waals surface area contributed by atoms with Crippen LogP contribution in [0.15, 0.2) is 24.0 Å². The van der Waals surface area contributed by atoms with Crippen LogP contribution in [0.1, 0.15) is 20.8 Å². The average Bonchev–Trinajstić information content (AvgIpc) is 2.19. The maximum Gasteiger partial charge on any atom is 0.337 e. The summed E-state index contributed by atoms with van der Waals surface area (Å²) in [6.07, 6.45) is 4.91. The zero-order chi connectivity index (χ0) is 10.6. The topological polar surface area (TPSA) is 35.5 Å². The Morgan fingerprint density at radius 1 is 1.50 bits per heavy atom. The van der Waals surface area contributed by atoms with Crippen LogP contribution in [-0.2, 0) is 14.3 Å². The van der Waals surface area contributed by atoms with Crippen molar-refractivity contribution in [3.8, 4) is 0 Å². The van der Waals surface area contributed by atoms with Crippen LogP contribution < -0.4 is 0 Å². The summed E-state index contributed by atoms with van der Waals surface area (Å²) in [5.41, 5.74) is 0.569. The van der Waals surface area contributed by atoms with Gasteiger partial charge in [-0.15, -0.1) is 0 Å². The molecule has 0 aromatic carbocycles. The van der Waals surface area contributed by atoms with Gasteiger partial charge in [0.2, 0.25) is 0 Å². The lowest BCUT2D eigenvalue weighted by molar-refractivity contribution is -0.146. The third-order valence-electron chi connectivity index (χ3n) is 2.20. The highest BCUT2D eigenvalue weighted by Gasteiger charge is 2.17. The maximum absolute atomic E-state index is 11.5. The summed E-state index contributed by atoms with van der Waals surface area (Å²) in [4.78, 5) is 11.5. The highest BCUT2D eigenvalue weighted by atomic mass is 16.5. The summed E-state index contributed by atoms with van der Waals surface area (Å²) in [7, 11) is 0. The molecular formula is C11H16O3. The van der Waals surface area contributed by atoms with E-state index in [0.29, 0.717) is 18.1 Å². The minimum Gasteiger partial charge on any atom is -0.496 e. The minimum absolute atomic E-state index is 0.0608. The van der Waals surface area contributed by atoms with Crippen LogP contribution in [0.25, 0.3) is 0 Å². The van der Waals surface area contributed by atoms with Crippen LogP contribution in [0, 0.1) is 5.92 Å². The van der Waals surface area contributed by atoms with Crippen LogP contribution in [0.5, 0.6) is 0 Å². The van der Waals surface area contributed by atoms with Crippen LogP contribution in [0.3, 0.4) is 0 Å². The van der Waals surface area contributed by atoms with Crippen molar-refractivity contribution < 1.29 is 14.3 Å². The second-order valence-electron chi connectivity index (χ2n) is 3.69. The first-order valence-electron chi connectivity index (χ1n) is 4.79. The van der Waals surface area contributed by atoms with E-state index in [0.717, 1.165) is 0 Å². The number of ether oxygens (including phenoxy) is 2. The van der Waals surface area contributed by atoms with Crippen molar-refractivity contribution in [2.75, 3.05) is 6.61 Å². The molecule has 0 aliphatic carbocycles. The number of carbonyl (C=O) groups excluding carboxylic acids is 1. The number of allylic oxidation sites excluding steroid dienone is 2. The Balaban J connectivity index is 2.49. The summed E-state index contributed by atoms with van der Waals surface area (Å²) >= 11 is 0. The van der Waals surface area contributed by atoms with Gasteiger partial charge in [-0.05, 0) is 25.0 Å². The van der Waals surface area contributed by atoms with Gasteiger partial charge in [-0.25, -0.2) is 4.79 Å². The molecule has 1 unspecified atom stereocenters. The Kier molecular flexibility index (Phi) is 3.74. The predicted octanol–water partition coefficient (Wildman–Crippen LogP) is 2.04. The van der Waals surface area contributed by atoms with Gasteiger partial charge < -0.3 is 9.47 Å². The quantitative estimate of drug-likeness (QED) is 0.648. The summed E-state index contributed by atoms with van der Waals surface area (Å²) < 4.78 is 10.2. The van der Waals surface area contributed by atoms with Gasteiger partial charge in [0, 0.05) is 0 Å². The van der Waals surface area contributed by atoms with E-state index in [4.69, 9.17) is 9.47 Å². The molecule has 0 fully saturated rings. The van der Waals surface area contributed by atoms with Crippen molar-refractivity contribution in [3.63, 3.8) is 0 Å². The summed E-state index contributed by atoms with van der Waals surface area (Å²) in [6.45, 7) is 6.23. The molecule has 3 nitrogen and oxygen atoms in total. The van der Waals surface area contributed by atoms with E-state index < -0.39 is 0 Å². The Bertz CT molecular complexity index is 264. The van der Waals surface area contributed by atoms with Gasteiger partial charge in [0.25, 0.3) is 0 Å². The molecule has 78 valence electrons. The van der Waals surface area contributed by atoms with Crippen molar-refractivity contribution in [3.05, 3.63) is 24.0 Å². The molecule has 0 spiro atoms. The Hall–Kier alpha value is -1.25. The second-order valence-corrected chi connectivity index (χ2v) is 3.69. The number of hydrogen-bond donors (Lipinski definition) is 0. The van der Waals surface area contributed by atoms with Crippen LogP contribution in [0.2, 0.25) is 0 Å². The summed E-state index contributed by atoms with van der Waals surface area (Å²) in [6, 6.07) is 0. The normalized spacial score (nSPS) is 17.3. The summed E-state index contributed by atoms with van der Waals surface area (Å²) in [5, 5.41) is 0. The highest BCUT2D eigenvalue weighted by molar-refractivity contribution is 5.89. The molecule has 3 heteroatoms. The molecule has 0 bridgehead atoms. The molecular weight excluding hydrogens is 180 g/mol. The van der Waals surface area contributed by atoms with Crippen LogP contribution >= 0.6 is 0 Å². The average molecular weight is 196 g/mol. The minimum atomic E-state index is -0.282. The molecule has 0 N–H and O–H groups in total. The fourth-order valence-electron chi connectivity index (χ4n) is 0.905. The molecule has 1 heterocycles. The lowest BCUT2D eigenvalue weighted by Crippen LogP contribution is -2.23. The zero-order valence-electron chi connectivity index (χ0n) is 8.82. The Morgan fingerprint density at radius 2 is 2.21 bits per heavy atom. The highest BCUT2D eigenvalue weighted by Crippen LogP contribution is 2.11. The SMILES string of the molecule is CC(C)C(C)OC(=O)C1=CC=COC1. The van der Waals surface area contributed by atoms with Gasteiger partial charge in [0.1, 0.15) is 12.7 Å². The first kappa shape index (κ1) is 10.8. The largest absolute Gasteiger partial charge is 0.496 e. The molecule has 0 saturated heterocycles. The molecule has 1 aliphatic heterocycles. The molecule has 0 amide bonds. The molecule has 1 rings (SSSR count). The number of carbonyl (C=O) groups is 1. The second kappa shape index (κ2) is 4.84. The van der Waals surface area contributed by atoms with Gasteiger partial charge in [-0.3, -0.25) is 0 Å². The van der Waals surface area contributed by atoms with Crippen molar-refractivity contribution in [2.45, 2.75) is 26.9 Å². The van der Waals surface area contributed by atoms with Crippen molar-refractivity contribution in [1.82, 2.24) is 0 Å². The molecule has 1 atom stereocenters. The number of hydrogen-bond acceptors (Lipinski definition) is 3. The first-order chi connectivity index (χ1) is 6.61. The van der Waals surface area contributed by atoms with E-state index >= 15 is 0 Å². The fraction of sp³-hybridized carbons (Fsp3) is 0.545. The molecule has 1 aliphatic rings. The predicted molar refractivity (Wildman–Crippen MR) is 53.6 cm³/mol. The van der Waals surface area contributed by atoms with E-state index in [-0.39, 0.29) is 12.1 Å². The van der Waals surface area contributed by atoms with Gasteiger partial charge in [-0.2, -0.15) is 0 Å². The molecule has 0 saturated carbocycles. The standard InChI is InChI=1S/C11H16O3/c1-8(2)9(3)14-11(12)10-5-4-6-13-7-10/h4-6,8-9H,7H2,1-3H3. The number of esters is 1. The Morgan fingerprint density at radius 3 is 2.71 bits per heavy atom. The zero-order valence-corrected chi connectivity index (χ0v) is 8.82. The smallest absolute Gasteiger partial charge is 0.337 e. The number of rotatable bonds is 3. The van der Waals surface area contributed by atoms with E-state index in [9.17, 15) is 4.79 Å². The van der Waals surface area contributed by atoms with Gasteiger partial charge in [0.15, 0.2) is 0 Å². The lowest BCUT2D eigenvalue weighted by Gasteiger charge is -2.18. The van der Waals surface area contributed by atoms with E-state index in [2.05, 4.69) is 0 Å². The van der Waals surface area contributed by atoms with Gasteiger partial charge >= 0.3 is 5.97 Å². The van der Waals surface area contributed by atoms with Crippen LogP contribution in [0.4, 0.5) is 0 Å². The summed E-state index contributed by atoms with van der Waals surface area (Å²) in [5.74, 6) is 0.0511. The molecule has 0 radical (unpaired) electrons. The monoisotopic (exact) mass is 196 g/mol. The lowest BCUT2D eigenvalue weighted by atomic mass is 10.1. The molecule has 0 aromatic rings. The third kappa shape index (κ3) is 2.91. The van der Waals surface area contributed by atoms with E-state index in [1.54, 1.807) is 18.4 Å². The van der Waals surface area contributed by atoms with Gasteiger partial charge in [0.05, 0.1) is 11.8 Å². The third-order valence-corrected chi connectivity index (χ3v) is 2.20. The van der Waals surface area contributed by atoms with E-state index in [1.165, 1.54) is 0 Å².